The maximum atomic E-state index is 9.27. The van der Waals surface area contributed by atoms with Gasteiger partial charge < -0.3 is 14.8 Å². The van der Waals surface area contributed by atoms with Gasteiger partial charge in [0.25, 0.3) is 0 Å². The number of hydrogen-bond acceptors (Lipinski definition) is 3. The van der Waals surface area contributed by atoms with Crippen molar-refractivity contribution in [3.8, 4) is 0 Å². The monoisotopic (exact) mass is 231 g/mol. The molecular formula is C14H17NO2. The molecule has 0 radical (unpaired) electrons. The molecule has 1 atom stereocenters. The molecule has 2 N–H and O–H groups in total. The summed E-state index contributed by atoms with van der Waals surface area (Å²) in [6.45, 7) is 0.859. The van der Waals surface area contributed by atoms with Gasteiger partial charge >= 0.3 is 0 Å². The highest BCUT2D eigenvalue weighted by Gasteiger charge is 2.11. The van der Waals surface area contributed by atoms with E-state index >= 15 is 0 Å². The lowest BCUT2D eigenvalue weighted by atomic mass is 10.1. The fourth-order valence-electron chi connectivity index (χ4n) is 1.78. The molecule has 1 aromatic carbocycles. The van der Waals surface area contributed by atoms with Crippen molar-refractivity contribution < 1.29 is 9.52 Å². The van der Waals surface area contributed by atoms with Crippen molar-refractivity contribution in [3.05, 3.63) is 60.1 Å². The highest BCUT2D eigenvalue weighted by molar-refractivity contribution is 5.15. The molecule has 1 unspecified atom stereocenters. The van der Waals surface area contributed by atoms with Crippen molar-refractivity contribution in [1.29, 1.82) is 0 Å². The van der Waals surface area contributed by atoms with Gasteiger partial charge in [0.15, 0.2) is 0 Å². The first-order valence-electron chi connectivity index (χ1n) is 5.81. The third kappa shape index (κ3) is 3.44. The molecule has 3 nitrogen and oxygen atoms in total. The normalized spacial score (nSPS) is 12.5. The van der Waals surface area contributed by atoms with E-state index in [1.807, 2.05) is 30.3 Å². The zero-order valence-electron chi connectivity index (χ0n) is 9.67. The van der Waals surface area contributed by atoms with Crippen LogP contribution in [0.4, 0.5) is 0 Å². The molecule has 0 aliphatic heterocycles. The Morgan fingerprint density at radius 1 is 1.12 bits per heavy atom. The van der Waals surface area contributed by atoms with E-state index in [0.29, 0.717) is 0 Å². The Kier molecular flexibility index (Phi) is 4.36. The molecule has 0 aliphatic rings. The number of furan rings is 1. The summed E-state index contributed by atoms with van der Waals surface area (Å²) >= 11 is 0. The van der Waals surface area contributed by atoms with Gasteiger partial charge in [-0.15, -0.1) is 0 Å². The largest absolute Gasteiger partial charge is 0.468 e. The van der Waals surface area contributed by atoms with E-state index in [9.17, 15) is 5.11 Å². The van der Waals surface area contributed by atoms with E-state index < -0.39 is 0 Å². The van der Waals surface area contributed by atoms with Gasteiger partial charge in [-0.3, -0.25) is 0 Å². The van der Waals surface area contributed by atoms with Gasteiger partial charge in [-0.2, -0.15) is 0 Å². The SMILES string of the molecule is OCC(NCCc1ccccc1)c1ccco1. The van der Waals surface area contributed by atoms with E-state index in [4.69, 9.17) is 4.42 Å². The Balaban J connectivity index is 1.81. The molecule has 0 aliphatic carbocycles. The van der Waals surface area contributed by atoms with E-state index in [1.165, 1.54) is 5.56 Å². The van der Waals surface area contributed by atoms with Crippen LogP contribution in [-0.4, -0.2) is 18.3 Å². The topological polar surface area (TPSA) is 45.4 Å². The van der Waals surface area contributed by atoms with Gasteiger partial charge in [-0.05, 0) is 30.7 Å². The Morgan fingerprint density at radius 2 is 1.94 bits per heavy atom. The first kappa shape index (κ1) is 11.9. The lowest BCUT2D eigenvalue weighted by Crippen LogP contribution is -2.26. The second kappa shape index (κ2) is 6.23. The van der Waals surface area contributed by atoms with Crippen LogP contribution in [0.5, 0.6) is 0 Å². The Hall–Kier alpha value is -1.58. The quantitative estimate of drug-likeness (QED) is 0.800. The maximum absolute atomic E-state index is 9.27. The van der Waals surface area contributed by atoms with E-state index in [0.717, 1.165) is 18.7 Å². The van der Waals surface area contributed by atoms with Crippen LogP contribution in [0.2, 0.25) is 0 Å². The zero-order chi connectivity index (χ0) is 11.9. The zero-order valence-corrected chi connectivity index (χ0v) is 9.67. The second-order valence-electron chi connectivity index (χ2n) is 3.94. The Morgan fingerprint density at radius 3 is 2.59 bits per heavy atom. The summed E-state index contributed by atoms with van der Waals surface area (Å²) in [7, 11) is 0. The Labute approximate surface area is 101 Å². The summed E-state index contributed by atoms with van der Waals surface area (Å²) in [5.74, 6) is 0.778. The fraction of sp³-hybridized carbons (Fsp3) is 0.286. The molecule has 0 fully saturated rings. The highest BCUT2D eigenvalue weighted by atomic mass is 16.3. The second-order valence-corrected chi connectivity index (χ2v) is 3.94. The van der Waals surface area contributed by atoms with Crippen molar-refractivity contribution in [1.82, 2.24) is 5.32 Å². The smallest absolute Gasteiger partial charge is 0.123 e. The lowest BCUT2D eigenvalue weighted by Gasteiger charge is -2.13. The van der Waals surface area contributed by atoms with Gasteiger partial charge in [0.05, 0.1) is 18.9 Å². The average Bonchev–Trinajstić information content (AvgIpc) is 2.90. The maximum Gasteiger partial charge on any atom is 0.123 e. The van der Waals surface area contributed by atoms with Crippen LogP contribution in [-0.2, 0) is 6.42 Å². The minimum Gasteiger partial charge on any atom is -0.468 e. The van der Waals surface area contributed by atoms with Crippen molar-refractivity contribution in [2.75, 3.05) is 13.2 Å². The third-order valence-electron chi connectivity index (χ3n) is 2.72. The molecule has 17 heavy (non-hydrogen) atoms. The van der Waals surface area contributed by atoms with Crippen molar-refractivity contribution in [2.24, 2.45) is 0 Å². The van der Waals surface area contributed by atoms with Gasteiger partial charge in [0, 0.05) is 0 Å². The summed E-state index contributed by atoms with van der Waals surface area (Å²) in [5, 5.41) is 12.5. The fourth-order valence-corrected chi connectivity index (χ4v) is 1.78. The molecule has 1 heterocycles. The number of nitrogens with one attached hydrogen (secondary N) is 1. The summed E-state index contributed by atoms with van der Waals surface area (Å²) < 4.78 is 5.27. The molecule has 0 saturated carbocycles. The highest BCUT2D eigenvalue weighted by Crippen LogP contribution is 2.12. The molecular weight excluding hydrogens is 214 g/mol. The molecule has 1 aromatic heterocycles. The summed E-state index contributed by atoms with van der Waals surface area (Å²) in [5.41, 5.74) is 1.29. The molecule has 0 bridgehead atoms. The van der Waals surface area contributed by atoms with Gasteiger partial charge in [0.1, 0.15) is 5.76 Å². The molecule has 2 aromatic rings. The summed E-state index contributed by atoms with van der Waals surface area (Å²) in [4.78, 5) is 0. The minimum atomic E-state index is -0.117. The first-order valence-corrected chi connectivity index (χ1v) is 5.81. The molecule has 0 saturated heterocycles. The standard InChI is InChI=1S/C14H17NO2/c16-11-13(14-7-4-10-17-14)15-9-8-12-5-2-1-3-6-12/h1-7,10,13,15-16H,8-9,11H2. The van der Waals surface area contributed by atoms with Crippen molar-refractivity contribution >= 4 is 0 Å². The molecule has 90 valence electrons. The number of benzene rings is 1. The van der Waals surface area contributed by atoms with Crippen molar-refractivity contribution in [2.45, 2.75) is 12.5 Å². The molecule has 0 spiro atoms. The van der Waals surface area contributed by atoms with Crippen LogP contribution in [0.1, 0.15) is 17.4 Å². The van der Waals surface area contributed by atoms with Gasteiger partial charge in [-0.25, -0.2) is 0 Å². The van der Waals surface area contributed by atoms with E-state index in [2.05, 4.69) is 17.4 Å². The van der Waals surface area contributed by atoms with Gasteiger partial charge in [-0.1, -0.05) is 30.3 Å². The number of rotatable bonds is 6. The number of aliphatic hydroxyl groups excluding tert-OH is 1. The van der Waals surface area contributed by atoms with E-state index in [1.54, 1.807) is 6.26 Å². The van der Waals surface area contributed by atoms with Gasteiger partial charge in [0.2, 0.25) is 0 Å². The molecule has 3 heteroatoms. The lowest BCUT2D eigenvalue weighted by molar-refractivity contribution is 0.227. The van der Waals surface area contributed by atoms with Crippen LogP contribution in [0.15, 0.2) is 53.1 Å². The third-order valence-corrected chi connectivity index (χ3v) is 2.72. The molecule has 0 amide bonds. The number of aliphatic hydroxyl groups is 1. The summed E-state index contributed by atoms with van der Waals surface area (Å²) in [6.07, 6.45) is 2.56. The number of hydrogen-bond donors (Lipinski definition) is 2. The molecule has 2 rings (SSSR count). The predicted octanol–water partition coefficient (Wildman–Crippen LogP) is 2.15. The van der Waals surface area contributed by atoms with Crippen molar-refractivity contribution in [3.63, 3.8) is 0 Å². The predicted molar refractivity (Wildman–Crippen MR) is 66.7 cm³/mol. The summed E-state index contributed by atoms with van der Waals surface area (Å²) in [6, 6.07) is 13.9. The minimum absolute atomic E-state index is 0.0440. The van der Waals surface area contributed by atoms with E-state index in [-0.39, 0.29) is 12.6 Å². The van der Waals surface area contributed by atoms with Crippen LogP contribution >= 0.6 is 0 Å². The van der Waals surface area contributed by atoms with Crippen LogP contribution in [0.25, 0.3) is 0 Å². The van der Waals surface area contributed by atoms with Crippen LogP contribution < -0.4 is 5.32 Å². The average molecular weight is 231 g/mol. The van der Waals surface area contributed by atoms with Crippen LogP contribution in [0, 0.1) is 0 Å². The van der Waals surface area contributed by atoms with Crippen LogP contribution in [0.3, 0.4) is 0 Å². The first-order chi connectivity index (χ1) is 8.40. The Bertz CT molecular complexity index is 411.